The molecule has 3 N–H and O–H groups in total. The van der Waals surface area contributed by atoms with Crippen molar-refractivity contribution in [2.24, 2.45) is 5.73 Å². The quantitative estimate of drug-likeness (QED) is 0.759. The SMILES string of the molecule is Cc1cc(NC(=O)c2ccc(CN)cc2)ccc1OCCN1CCCC1.Cl. The van der Waals surface area contributed by atoms with Gasteiger partial charge < -0.3 is 15.8 Å². The lowest BCUT2D eigenvalue weighted by molar-refractivity contribution is 0.102. The molecule has 2 aromatic rings. The molecule has 1 aliphatic heterocycles. The third kappa shape index (κ3) is 5.96. The van der Waals surface area contributed by atoms with Crippen LogP contribution in [0.3, 0.4) is 0 Å². The molecule has 1 heterocycles. The van der Waals surface area contributed by atoms with E-state index in [9.17, 15) is 4.79 Å². The molecule has 6 heteroatoms. The van der Waals surface area contributed by atoms with Gasteiger partial charge in [-0.25, -0.2) is 0 Å². The number of ether oxygens (including phenoxy) is 1. The van der Waals surface area contributed by atoms with Crippen molar-refractivity contribution in [3.63, 3.8) is 0 Å². The summed E-state index contributed by atoms with van der Waals surface area (Å²) in [5.74, 6) is 0.741. The van der Waals surface area contributed by atoms with Crippen LogP contribution < -0.4 is 15.8 Å². The number of amides is 1. The summed E-state index contributed by atoms with van der Waals surface area (Å²) in [6, 6.07) is 13.1. The van der Waals surface area contributed by atoms with E-state index in [1.807, 2.05) is 37.3 Å². The number of aryl methyl sites for hydroxylation is 1. The average Bonchev–Trinajstić information content (AvgIpc) is 3.17. The summed E-state index contributed by atoms with van der Waals surface area (Å²) in [5.41, 5.74) is 8.99. The zero-order valence-electron chi connectivity index (χ0n) is 15.7. The Morgan fingerprint density at radius 2 is 1.85 bits per heavy atom. The lowest BCUT2D eigenvalue weighted by Crippen LogP contribution is -2.25. The average molecular weight is 390 g/mol. The fourth-order valence-corrected chi connectivity index (χ4v) is 3.18. The summed E-state index contributed by atoms with van der Waals surface area (Å²) >= 11 is 0. The first-order valence-electron chi connectivity index (χ1n) is 9.22. The third-order valence-electron chi connectivity index (χ3n) is 4.75. The van der Waals surface area contributed by atoms with Crippen LogP contribution in [0.25, 0.3) is 0 Å². The lowest BCUT2D eigenvalue weighted by Gasteiger charge is -2.16. The van der Waals surface area contributed by atoms with Gasteiger partial charge in [0.15, 0.2) is 0 Å². The third-order valence-corrected chi connectivity index (χ3v) is 4.75. The highest BCUT2D eigenvalue weighted by atomic mass is 35.5. The van der Waals surface area contributed by atoms with E-state index in [1.165, 1.54) is 25.9 Å². The Kier molecular flexibility index (Phi) is 8.10. The van der Waals surface area contributed by atoms with Crippen molar-refractivity contribution in [3.8, 4) is 5.75 Å². The van der Waals surface area contributed by atoms with Crippen LogP contribution in [0.2, 0.25) is 0 Å². The Labute approximate surface area is 167 Å². The Bertz CT molecular complexity index is 744. The van der Waals surface area contributed by atoms with Crippen molar-refractivity contribution in [2.75, 3.05) is 31.6 Å². The molecule has 0 saturated carbocycles. The first-order chi connectivity index (χ1) is 12.7. The molecule has 0 radical (unpaired) electrons. The van der Waals surface area contributed by atoms with E-state index in [0.717, 1.165) is 29.1 Å². The highest BCUT2D eigenvalue weighted by Crippen LogP contribution is 2.22. The van der Waals surface area contributed by atoms with Gasteiger partial charge in [-0.05, 0) is 74.3 Å². The number of halogens is 1. The van der Waals surface area contributed by atoms with E-state index in [1.54, 1.807) is 12.1 Å². The number of nitrogens with zero attached hydrogens (tertiary/aromatic N) is 1. The van der Waals surface area contributed by atoms with Crippen molar-refractivity contribution in [3.05, 3.63) is 59.2 Å². The molecule has 1 saturated heterocycles. The van der Waals surface area contributed by atoms with E-state index in [4.69, 9.17) is 10.5 Å². The highest BCUT2D eigenvalue weighted by molar-refractivity contribution is 6.04. The van der Waals surface area contributed by atoms with Gasteiger partial charge in [0.05, 0.1) is 0 Å². The Morgan fingerprint density at radius 3 is 2.48 bits per heavy atom. The molecule has 0 unspecified atom stereocenters. The molecule has 0 spiro atoms. The minimum atomic E-state index is -0.129. The maximum atomic E-state index is 12.3. The summed E-state index contributed by atoms with van der Waals surface area (Å²) in [4.78, 5) is 14.8. The maximum absolute atomic E-state index is 12.3. The van der Waals surface area contributed by atoms with Crippen LogP contribution in [0, 0.1) is 6.92 Å². The van der Waals surface area contributed by atoms with Gasteiger partial charge >= 0.3 is 0 Å². The second-order valence-corrected chi connectivity index (χ2v) is 6.73. The number of nitrogens with two attached hydrogens (primary N) is 1. The molecule has 0 aliphatic carbocycles. The van der Waals surface area contributed by atoms with Crippen LogP contribution in [-0.2, 0) is 6.54 Å². The predicted octanol–water partition coefficient (Wildman–Crippen LogP) is 3.60. The lowest BCUT2D eigenvalue weighted by atomic mass is 10.1. The Morgan fingerprint density at radius 1 is 1.15 bits per heavy atom. The number of likely N-dealkylation sites (tertiary alicyclic amines) is 1. The van der Waals surface area contributed by atoms with Gasteiger partial charge in [-0.3, -0.25) is 9.69 Å². The van der Waals surface area contributed by atoms with Crippen LogP contribution in [0.15, 0.2) is 42.5 Å². The van der Waals surface area contributed by atoms with E-state index >= 15 is 0 Å². The first-order valence-corrected chi connectivity index (χ1v) is 9.22. The van der Waals surface area contributed by atoms with Crippen molar-refractivity contribution >= 4 is 24.0 Å². The largest absolute Gasteiger partial charge is 0.492 e. The van der Waals surface area contributed by atoms with Crippen molar-refractivity contribution in [2.45, 2.75) is 26.3 Å². The number of carbonyl (C=O) groups excluding carboxylic acids is 1. The van der Waals surface area contributed by atoms with Gasteiger partial charge in [-0.1, -0.05) is 12.1 Å². The molecule has 5 nitrogen and oxygen atoms in total. The summed E-state index contributed by atoms with van der Waals surface area (Å²) < 4.78 is 5.90. The molecular formula is C21H28ClN3O2. The molecule has 3 rings (SSSR count). The second kappa shape index (κ2) is 10.3. The van der Waals surface area contributed by atoms with Crippen LogP contribution in [-0.4, -0.2) is 37.0 Å². The number of hydrogen-bond donors (Lipinski definition) is 2. The molecule has 27 heavy (non-hydrogen) atoms. The fourth-order valence-electron chi connectivity index (χ4n) is 3.18. The molecule has 0 aromatic heterocycles. The molecule has 0 bridgehead atoms. The summed E-state index contributed by atoms with van der Waals surface area (Å²) in [7, 11) is 0. The Balaban J connectivity index is 0.00000261. The standard InChI is InChI=1S/C21H27N3O2.ClH/c1-16-14-19(23-21(25)18-6-4-17(15-22)5-7-18)8-9-20(16)26-13-12-24-10-2-3-11-24;/h4-9,14H,2-3,10-13,15,22H2,1H3,(H,23,25);1H. The van der Waals surface area contributed by atoms with Gasteiger partial charge in [0.2, 0.25) is 0 Å². The summed E-state index contributed by atoms with van der Waals surface area (Å²) in [6.45, 7) is 6.49. The molecule has 146 valence electrons. The zero-order chi connectivity index (χ0) is 18.4. The number of hydrogen-bond acceptors (Lipinski definition) is 4. The van der Waals surface area contributed by atoms with Crippen LogP contribution in [0.4, 0.5) is 5.69 Å². The highest BCUT2D eigenvalue weighted by Gasteiger charge is 2.11. The van der Waals surface area contributed by atoms with Crippen LogP contribution in [0.1, 0.15) is 34.3 Å². The van der Waals surface area contributed by atoms with E-state index in [0.29, 0.717) is 18.7 Å². The van der Waals surface area contributed by atoms with E-state index < -0.39 is 0 Å². The van der Waals surface area contributed by atoms with Gasteiger partial charge in [0, 0.05) is 24.3 Å². The zero-order valence-corrected chi connectivity index (χ0v) is 16.6. The van der Waals surface area contributed by atoms with E-state index in [-0.39, 0.29) is 18.3 Å². The molecule has 0 atom stereocenters. The van der Waals surface area contributed by atoms with Gasteiger partial charge in [-0.15, -0.1) is 12.4 Å². The molecule has 1 aliphatic rings. The predicted molar refractivity (Wildman–Crippen MR) is 112 cm³/mol. The van der Waals surface area contributed by atoms with Gasteiger partial charge in [0.25, 0.3) is 5.91 Å². The van der Waals surface area contributed by atoms with Crippen molar-refractivity contribution < 1.29 is 9.53 Å². The van der Waals surface area contributed by atoms with E-state index in [2.05, 4.69) is 10.2 Å². The van der Waals surface area contributed by atoms with Crippen LogP contribution in [0.5, 0.6) is 5.75 Å². The topological polar surface area (TPSA) is 67.6 Å². The second-order valence-electron chi connectivity index (χ2n) is 6.73. The number of nitrogens with one attached hydrogen (secondary N) is 1. The summed E-state index contributed by atoms with van der Waals surface area (Å²) in [5, 5.41) is 2.93. The Hall–Kier alpha value is -2.08. The van der Waals surface area contributed by atoms with Crippen LogP contribution >= 0.6 is 12.4 Å². The smallest absolute Gasteiger partial charge is 0.255 e. The minimum Gasteiger partial charge on any atom is -0.492 e. The molecule has 1 fully saturated rings. The number of carbonyl (C=O) groups is 1. The number of rotatable bonds is 7. The van der Waals surface area contributed by atoms with Gasteiger partial charge in [0.1, 0.15) is 12.4 Å². The number of benzene rings is 2. The van der Waals surface area contributed by atoms with Crippen molar-refractivity contribution in [1.82, 2.24) is 4.90 Å². The molecule has 1 amide bonds. The molecule has 2 aromatic carbocycles. The monoisotopic (exact) mass is 389 g/mol. The first kappa shape index (κ1) is 21.2. The summed E-state index contributed by atoms with van der Waals surface area (Å²) in [6.07, 6.45) is 2.59. The van der Waals surface area contributed by atoms with Gasteiger partial charge in [-0.2, -0.15) is 0 Å². The normalized spacial score (nSPS) is 13.9. The maximum Gasteiger partial charge on any atom is 0.255 e. The van der Waals surface area contributed by atoms with Crippen molar-refractivity contribution in [1.29, 1.82) is 0 Å². The minimum absolute atomic E-state index is 0. The fraction of sp³-hybridized carbons (Fsp3) is 0.381. The molecular weight excluding hydrogens is 362 g/mol. The number of anilines is 1.